The molecule has 2 aromatic rings. The van der Waals surface area contributed by atoms with Crippen molar-refractivity contribution in [2.45, 2.75) is 39.2 Å². The summed E-state index contributed by atoms with van der Waals surface area (Å²) >= 11 is 5.30. The lowest BCUT2D eigenvalue weighted by molar-refractivity contribution is -0.131. The number of hydrogen-bond donors (Lipinski definition) is 1. The van der Waals surface area contributed by atoms with Crippen molar-refractivity contribution in [1.29, 1.82) is 0 Å². The maximum Gasteiger partial charge on any atom is 0.262 e. The molecule has 6 heteroatoms. The average Bonchev–Trinajstić information content (AvgIpc) is 2.79. The molecule has 0 spiro atoms. The van der Waals surface area contributed by atoms with E-state index in [1.807, 2.05) is 23.1 Å². The summed E-state index contributed by atoms with van der Waals surface area (Å²) in [6.07, 6.45) is 3.61. The number of fused-ring (bicyclic) bond motifs is 1. The predicted octanol–water partition coefficient (Wildman–Crippen LogP) is 3.10. The average molecular weight is 345 g/mol. The Morgan fingerprint density at radius 2 is 2.08 bits per heavy atom. The van der Waals surface area contributed by atoms with E-state index in [1.54, 1.807) is 6.07 Å². The van der Waals surface area contributed by atoms with Gasteiger partial charge in [-0.15, -0.1) is 0 Å². The molecule has 1 N–H and O–H groups in total. The van der Waals surface area contributed by atoms with Gasteiger partial charge in [-0.25, -0.2) is 0 Å². The minimum Gasteiger partial charge on any atom is -0.343 e. The molecule has 0 aliphatic carbocycles. The number of carbonyl (C=O) groups excluding carboxylic acids is 1. The van der Waals surface area contributed by atoms with Crippen molar-refractivity contribution >= 4 is 29.0 Å². The minimum absolute atomic E-state index is 0.110. The highest BCUT2D eigenvalue weighted by atomic mass is 32.1. The first-order chi connectivity index (χ1) is 11.6. The highest BCUT2D eigenvalue weighted by Gasteiger charge is 2.18. The third kappa shape index (κ3) is 3.59. The molecule has 1 aromatic carbocycles. The lowest BCUT2D eigenvalue weighted by atomic mass is 10.0. The van der Waals surface area contributed by atoms with Crippen LogP contribution in [0.25, 0.3) is 10.9 Å². The van der Waals surface area contributed by atoms with E-state index < -0.39 is 0 Å². The molecule has 2 heterocycles. The van der Waals surface area contributed by atoms with E-state index in [0.29, 0.717) is 29.0 Å². The van der Waals surface area contributed by atoms with Crippen molar-refractivity contribution in [3.63, 3.8) is 0 Å². The molecule has 1 aliphatic heterocycles. The van der Waals surface area contributed by atoms with Crippen molar-refractivity contribution in [1.82, 2.24) is 14.5 Å². The molecule has 1 amide bonds. The zero-order valence-corrected chi connectivity index (χ0v) is 14.8. The first-order valence-electron chi connectivity index (χ1n) is 8.56. The largest absolute Gasteiger partial charge is 0.343 e. The zero-order chi connectivity index (χ0) is 17.1. The summed E-state index contributed by atoms with van der Waals surface area (Å²) in [6.45, 7) is 4.20. The molecule has 0 radical (unpaired) electrons. The lowest BCUT2D eigenvalue weighted by Crippen LogP contribution is -2.33. The van der Waals surface area contributed by atoms with Crippen molar-refractivity contribution in [3.8, 4) is 0 Å². The third-order valence-corrected chi connectivity index (χ3v) is 5.13. The fourth-order valence-electron chi connectivity index (χ4n) is 3.28. The van der Waals surface area contributed by atoms with E-state index >= 15 is 0 Å². The summed E-state index contributed by atoms with van der Waals surface area (Å²) in [5, 5.41) is 0.599. The van der Waals surface area contributed by atoms with Crippen LogP contribution in [-0.4, -0.2) is 33.4 Å². The molecule has 5 nitrogen and oxygen atoms in total. The van der Waals surface area contributed by atoms with Crippen molar-refractivity contribution in [3.05, 3.63) is 39.4 Å². The van der Waals surface area contributed by atoms with Gasteiger partial charge in [0, 0.05) is 26.1 Å². The number of para-hydroxylation sites is 1. The van der Waals surface area contributed by atoms with Crippen LogP contribution in [0, 0.1) is 10.7 Å². The van der Waals surface area contributed by atoms with Crippen LogP contribution in [0.15, 0.2) is 29.1 Å². The molecule has 0 unspecified atom stereocenters. The second-order valence-electron chi connectivity index (χ2n) is 6.60. The van der Waals surface area contributed by atoms with Gasteiger partial charge < -0.3 is 9.88 Å². The van der Waals surface area contributed by atoms with Crippen LogP contribution < -0.4 is 5.56 Å². The number of aromatic amines is 1. The number of aromatic nitrogens is 2. The Hall–Kier alpha value is -1.95. The Morgan fingerprint density at radius 3 is 2.92 bits per heavy atom. The molecule has 128 valence electrons. The van der Waals surface area contributed by atoms with Gasteiger partial charge in [0.1, 0.15) is 0 Å². The van der Waals surface area contributed by atoms with Crippen LogP contribution in [0.3, 0.4) is 0 Å². The van der Waals surface area contributed by atoms with Crippen LogP contribution in [0.1, 0.15) is 32.6 Å². The molecular formula is C18H23N3O2S. The number of nitrogens with one attached hydrogen (secondary N) is 1. The van der Waals surface area contributed by atoms with Crippen LogP contribution in [-0.2, 0) is 11.3 Å². The number of H-pyrrole nitrogens is 1. The number of benzene rings is 1. The van der Waals surface area contributed by atoms with Crippen LogP contribution >= 0.6 is 12.2 Å². The second-order valence-corrected chi connectivity index (χ2v) is 6.99. The Balaban J connectivity index is 1.75. The molecule has 24 heavy (non-hydrogen) atoms. The SMILES string of the molecule is C[C@H]1CCCN(C(=O)CCn2c(=S)[nH]c3ccccc3c2=O)CC1. The van der Waals surface area contributed by atoms with E-state index in [2.05, 4.69) is 11.9 Å². The van der Waals surface area contributed by atoms with Crippen molar-refractivity contribution in [2.24, 2.45) is 5.92 Å². The molecule has 1 saturated heterocycles. The Morgan fingerprint density at radius 1 is 1.29 bits per heavy atom. The summed E-state index contributed by atoms with van der Waals surface area (Å²) in [7, 11) is 0. The minimum atomic E-state index is -0.133. The lowest BCUT2D eigenvalue weighted by Gasteiger charge is -2.20. The quantitative estimate of drug-likeness (QED) is 0.870. The van der Waals surface area contributed by atoms with Crippen LogP contribution in [0.2, 0.25) is 0 Å². The fraction of sp³-hybridized carbons (Fsp3) is 0.500. The predicted molar refractivity (Wildman–Crippen MR) is 97.6 cm³/mol. The molecule has 0 bridgehead atoms. The Labute approximate surface area is 146 Å². The summed E-state index contributed by atoms with van der Waals surface area (Å²) in [6, 6.07) is 7.30. The van der Waals surface area contributed by atoms with Gasteiger partial charge in [0.15, 0.2) is 4.77 Å². The summed E-state index contributed by atoms with van der Waals surface area (Å²) < 4.78 is 1.87. The highest BCUT2D eigenvalue weighted by molar-refractivity contribution is 7.71. The van der Waals surface area contributed by atoms with Gasteiger partial charge in [-0.05, 0) is 49.5 Å². The number of rotatable bonds is 3. The molecule has 1 fully saturated rings. The Kier molecular flexibility index (Phi) is 5.14. The number of carbonyl (C=O) groups is 1. The molecule has 1 aromatic heterocycles. The molecule has 1 atom stereocenters. The number of nitrogens with zero attached hydrogens (tertiary/aromatic N) is 2. The van der Waals surface area contributed by atoms with E-state index in [0.717, 1.165) is 31.4 Å². The maximum atomic E-state index is 12.6. The van der Waals surface area contributed by atoms with Gasteiger partial charge in [0.05, 0.1) is 10.9 Å². The van der Waals surface area contributed by atoms with Gasteiger partial charge >= 0.3 is 0 Å². The standard InChI is InChI=1S/C18H23N3O2S/c1-13-5-4-10-20(11-8-13)16(22)9-12-21-17(23)14-6-2-3-7-15(14)19-18(21)24/h2-3,6-7,13H,4-5,8-12H2,1H3,(H,19,24)/t13-/m0/s1. The van der Waals surface area contributed by atoms with Crippen LogP contribution in [0.5, 0.6) is 0 Å². The first-order valence-corrected chi connectivity index (χ1v) is 8.96. The summed E-state index contributed by atoms with van der Waals surface area (Å²) in [5.74, 6) is 0.790. The van der Waals surface area contributed by atoms with Gasteiger partial charge in [0.25, 0.3) is 5.56 Å². The van der Waals surface area contributed by atoms with Crippen molar-refractivity contribution in [2.75, 3.05) is 13.1 Å². The maximum absolute atomic E-state index is 12.6. The molecule has 3 rings (SSSR count). The van der Waals surface area contributed by atoms with E-state index in [4.69, 9.17) is 12.2 Å². The Bertz CT molecular complexity index is 855. The number of likely N-dealkylation sites (tertiary alicyclic amines) is 1. The zero-order valence-electron chi connectivity index (χ0n) is 14.0. The summed E-state index contributed by atoms with van der Waals surface area (Å²) in [4.78, 5) is 30.1. The molecule has 0 saturated carbocycles. The number of amides is 1. The second kappa shape index (κ2) is 7.30. The molecular weight excluding hydrogens is 322 g/mol. The monoisotopic (exact) mass is 345 g/mol. The fourth-order valence-corrected chi connectivity index (χ4v) is 3.56. The van der Waals surface area contributed by atoms with Gasteiger partial charge in [-0.3, -0.25) is 14.2 Å². The normalized spacial score (nSPS) is 18.5. The van der Waals surface area contributed by atoms with E-state index in [1.165, 1.54) is 11.0 Å². The smallest absolute Gasteiger partial charge is 0.262 e. The topological polar surface area (TPSA) is 58.1 Å². The summed E-state index contributed by atoms with van der Waals surface area (Å²) in [5.41, 5.74) is 0.600. The van der Waals surface area contributed by atoms with Gasteiger partial charge in [0.2, 0.25) is 5.91 Å². The van der Waals surface area contributed by atoms with Crippen molar-refractivity contribution < 1.29 is 4.79 Å². The van der Waals surface area contributed by atoms with Gasteiger partial charge in [-0.1, -0.05) is 19.1 Å². The molecule has 1 aliphatic rings. The first kappa shape index (κ1) is 16.9. The van der Waals surface area contributed by atoms with Gasteiger partial charge in [-0.2, -0.15) is 0 Å². The van der Waals surface area contributed by atoms with Crippen LogP contribution in [0.4, 0.5) is 0 Å². The van der Waals surface area contributed by atoms with E-state index in [9.17, 15) is 9.59 Å². The number of hydrogen-bond acceptors (Lipinski definition) is 3. The van der Waals surface area contributed by atoms with E-state index in [-0.39, 0.29) is 11.5 Å². The highest BCUT2D eigenvalue weighted by Crippen LogP contribution is 2.17. The third-order valence-electron chi connectivity index (χ3n) is 4.81.